The molecule has 0 saturated heterocycles. The summed E-state index contributed by atoms with van der Waals surface area (Å²) in [7, 11) is 3.24. The van der Waals surface area contributed by atoms with Gasteiger partial charge in [-0.1, -0.05) is 18.2 Å². The first-order valence-electron chi connectivity index (χ1n) is 12.5. The van der Waals surface area contributed by atoms with Crippen molar-refractivity contribution in [2.24, 2.45) is 4.99 Å². The highest BCUT2D eigenvalue weighted by Gasteiger charge is 2.20. The van der Waals surface area contributed by atoms with Crippen LogP contribution in [0.3, 0.4) is 0 Å². The Morgan fingerprint density at radius 1 is 1.23 bits per heavy atom. The van der Waals surface area contributed by atoms with Gasteiger partial charge in [-0.15, -0.1) is 0 Å². The van der Waals surface area contributed by atoms with Crippen molar-refractivity contribution in [3.8, 4) is 6.07 Å². The van der Waals surface area contributed by atoms with Crippen LogP contribution >= 0.6 is 0 Å². The number of rotatable bonds is 11. The van der Waals surface area contributed by atoms with Crippen molar-refractivity contribution in [2.75, 3.05) is 14.2 Å². The zero-order valence-electron chi connectivity index (χ0n) is 21.9. The largest absolute Gasteiger partial charge is 0.465 e. The van der Waals surface area contributed by atoms with Crippen molar-refractivity contribution in [2.45, 2.75) is 38.9 Å². The highest BCUT2D eigenvalue weighted by Crippen LogP contribution is 2.24. The van der Waals surface area contributed by atoms with E-state index < -0.39 is 5.97 Å². The number of carbonyl (C=O) groups excluding carboxylic acids is 2. The van der Waals surface area contributed by atoms with Crippen LogP contribution in [0.5, 0.6) is 0 Å². The number of carbonyl (C=O) groups is 2. The quantitative estimate of drug-likeness (QED) is 0.205. The molecule has 0 aliphatic carbocycles. The van der Waals surface area contributed by atoms with E-state index in [0.29, 0.717) is 49.1 Å². The molecule has 200 valence electrons. The summed E-state index contributed by atoms with van der Waals surface area (Å²) in [6, 6.07) is 13.6. The van der Waals surface area contributed by atoms with Crippen LogP contribution in [-0.4, -0.2) is 52.1 Å². The van der Waals surface area contributed by atoms with E-state index in [1.165, 1.54) is 19.2 Å². The van der Waals surface area contributed by atoms with Crippen molar-refractivity contribution < 1.29 is 18.7 Å². The number of hydrogen-bond acceptors (Lipinski definition) is 7. The number of methoxy groups -OCH3 is 1. The lowest BCUT2D eigenvalue weighted by Crippen LogP contribution is -2.29. The van der Waals surface area contributed by atoms with Crippen molar-refractivity contribution >= 4 is 29.6 Å². The third kappa shape index (κ3) is 6.38. The molecule has 9 nitrogen and oxygen atoms in total. The van der Waals surface area contributed by atoms with Gasteiger partial charge in [0.2, 0.25) is 6.41 Å². The van der Waals surface area contributed by atoms with E-state index in [2.05, 4.69) is 11.1 Å². The molecular formula is C29H29FN6O3. The van der Waals surface area contributed by atoms with Gasteiger partial charge in [-0.3, -0.25) is 9.79 Å². The van der Waals surface area contributed by atoms with Crippen LogP contribution in [0.15, 0.2) is 71.1 Å². The maximum Gasteiger partial charge on any atom is 0.337 e. The zero-order chi connectivity index (χ0) is 27.8. The number of benzene rings is 2. The van der Waals surface area contributed by atoms with Gasteiger partial charge < -0.3 is 19.1 Å². The van der Waals surface area contributed by atoms with Crippen LogP contribution in [0.2, 0.25) is 0 Å². The van der Waals surface area contributed by atoms with E-state index in [1.54, 1.807) is 47.6 Å². The number of aromatic nitrogens is 2. The summed E-state index contributed by atoms with van der Waals surface area (Å²) < 4.78 is 20.7. The first-order chi connectivity index (χ1) is 18.9. The van der Waals surface area contributed by atoms with E-state index in [4.69, 9.17) is 15.0 Å². The lowest BCUT2D eigenvalue weighted by atomic mass is 10.1. The molecule has 2 heterocycles. The smallest absolute Gasteiger partial charge is 0.337 e. The molecule has 1 aliphatic rings. The third-order valence-electron chi connectivity index (χ3n) is 6.46. The molecule has 0 spiro atoms. The fraction of sp³-hybridized carbons (Fsp3) is 0.276. The summed E-state index contributed by atoms with van der Waals surface area (Å²) >= 11 is 0. The minimum absolute atomic E-state index is 0.273. The first kappa shape index (κ1) is 27.3. The molecule has 1 amide bonds. The van der Waals surface area contributed by atoms with Crippen molar-refractivity contribution in [1.82, 2.24) is 19.4 Å². The number of aryl methyl sites for hydroxylation is 1. The van der Waals surface area contributed by atoms with Crippen LogP contribution in [0.1, 0.15) is 41.0 Å². The SMILES string of the molecule is COC(=O)c1ccc(CN(C=O)C2=C(N(C)Cc3nc4cc(F)ccc4n3CCCC#N)CC=CN=C2)cc1. The van der Waals surface area contributed by atoms with Gasteiger partial charge >= 0.3 is 5.97 Å². The maximum atomic E-state index is 13.9. The number of unbranched alkanes of at least 4 members (excludes halogenated alkanes) is 1. The average molecular weight is 529 g/mol. The predicted octanol–water partition coefficient (Wildman–Crippen LogP) is 4.56. The van der Waals surface area contributed by atoms with Crippen molar-refractivity contribution in [3.63, 3.8) is 0 Å². The van der Waals surface area contributed by atoms with E-state index in [1.807, 2.05) is 22.6 Å². The number of esters is 1. The molecule has 4 rings (SSSR count). The molecule has 0 bridgehead atoms. The second-order valence-corrected chi connectivity index (χ2v) is 9.05. The normalized spacial score (nSPS) is 12.8. The Balaban J connectivity index is 1.64. The molecule has 0 unspecified atom stereocenters. The number of nitrogens with zero attached hydrogens (tertiary/aromatic N) is 6. The van der Waals surface area contributed by atoms with Gasteiger partial charge in [0.15, 0.2) is 0 Å². The van der Waals surface area contributed by atoms with Crippen LogP contribution in [-0.2, 0) is 29.2 Å². The van der Waals surface area contributed by atoms with E-state index in [0.717, 1.165) is 29.0 Å². The number of amides is 1. The second-order valence-electron chi connectivity index (χ2n) is 9.05. The first-order valence-corrected chi connectivity index (χ1v) is 12.5. The molecule has 0 radical (unpaired) electrons. The third-order valence-corrected chi connectivity index (χ3v) is 6.46. The maximum absolute atomic E-state index is 13.9. The van der Waals surface area contributed by atoms with Gasteiger partial charge in [0.1, 0.15) is 11.6 Å². The number of aliphatic imine (C=N–C) groups is 1. The highest BCUT2D eigenvalue weighted by molar-refractivity contribution is 5.89. The highest BCUT2D eigenvalue weighted by atomic mass is 19.1. The predicted molar refractivity (Wildman–Crippen MR) is 145 cm³/mol. The molecule has 0 saturated carbocycles. The molecule has 0 fully saturated rings. The number of allylic oxidation sites excluding steroid dienone is 2. The Morgan fingerprint density at radius 3 is 2.74 bits per heavy atom. The second kappa shape index (κ2) is 12.6. The van der Waals surface area contributed by atoms with Crippen LogP contribution in [0, 0.1) is 17.1 Å². The molecule has 39 heavy (non-hydrogen) atoms. The average Bonchev–Trinajstić information content (AvgIpc) is 3.10. The Morgan fingerprint density at radius 2 is 2.03 bits per heavy atom. The Hall–Kier alpha value is -4.78. The summed E-state index contributed by atoms with van der Waals surface area (Å²) in [5, 5.41) is 9.00. The number of hydrogen-bond donors (Lipinski definition) is 0. The lowest BCUT2D eigenvalue weighted by Gasteiger charge is -2.28. The Kier molecular flexibility index (Phi) is 8.84. The number of fused-ring (bicyclic) bond motifs is 1. The van der Waals surface area contributed by atoms with Gasteiger partial charge in [0.25, 0.3) is 0 Å². The molecule has 3 aromatic rings. The molecule has 10 heteroatoms. The summed E-state index contributed by atoms with van der Waals surface area (Å²) in [5.74, 6) is -0.0617. The molecule has 1 aliphatic heterocycles. The van der Waals surface area contributed by atoms with Gasteiger partial charge in [-0.25, -0.2) is 14.2 Å². The molecule has 2 aromatic carbocycles. The van der Waals surface area contributed by atoms with Gasteiger partial charge in [-0.2, -0.15) is 5.26 Å². The van der Waals surface area contributed by atoms with Crippen LogP contribution < -0.4 is 0 Å². The molecular weight excluding hydrogens is 499 g/mol. The Bertz CT molecular complexity index is 1480. The monoisotopic (exact) mass is 528 g/mol. The van der Waals surface area contributed by atoms with Crippen molar-refractivity contribution in [1.29, 1.82) is 5.26 Å². The lowest BCUT2D eigenvalue weighted by molar-refractivity contribution is -0.116. The molecule has 0 N–H and O–H groups in total. The summed E-state index contributed by atoms with van der Waals surface area (Å²) in [5.41, 5.74) is 4.10. The summed E-state index contributed by atoms with van der Waals surface area (Å²) in [6.07, 6.45) is 7.59. The summed E-state index contributed by atoms with van der Waals surface area (Å²) in [4.78, 5) is 36.6. The van der Waals surface area contributed by atoms with Crippen molar-refractivity contribution in [3.05, 3.63) is 88.9 Å². The van der Waals surface area contributed by atoms with E-state index in [-0.39, 0.29) is 12.4 Å². The van der Waals surface area contributed by atoms with Gasteiger partial charge in [-0.05, 0) is 36.2 Å². The zero-order valence-corrected chi connectivity index (χ0v) is 21.9. The van der Waals surface area contributed by atoms with Crippen LogP contribution in [0.4, 0.5) is 4.39 Å². The van der Waals surface area contributed by atoms with Gasteiger partial charge in [0, 0.05) is 44.4 Å². The summed E-state index contributed by atoms with van der Waals surface area (Å²) in [6.45, 7) is 1.24. The number of halogens is 1. The fourth-order valence-electron chi connectivity index (χ4n) is 4.50. The topological polar surface area (TPSA) is 104 Å². The number of nitriles is 1. The molecule has 0 atom stereocenters. The van der Waals surface area contributed by atoms with Crippen LogP contribution in [0.25, 0.3) is 11.0 Å². The van der Waals surface area contributed by atoms with E-state index >= 15 is 0 Å². The fourth-order valence-corrected chi connectivity index (χ4v) is 4.50. The van der Waals surface area contributed by atoms with E-state index in [9.17, 15) is 14.0 Å². The number of imidazole rings is 1. The minimum Gasteiger partial charge on any atom is -0.465 e. The van der Waals surface area contributed by atoms with Gasteiger partial charge in [0.05, 0.1) is 54.8 Å². The molecule has 1 aromatic heterocycles. The minimum atomic E-state index is -0.427. The number of ether oxygens (including phenoxy) is 1. The Labute approximate surface area is 226 Å². The standard InChI is InChI=1S/C29H29FN6O3/c1-34(19-28-33-24-16-23(30)11-12-25(24)36(28)15-4-3-13-31)26-6-5-14-32-17-27(26)35(20-37)18-21-7-9-22(10-8-21)29(38)39-2/h5,7-12,14,16-17,20H,3-4,6,15,18-19H2,1-2H3.